The van der Waals surface area contributed by atoms with E-state index in [1.165, 1.54) is 27.2 Å². The molecule has 166 valence electrons. The Hall–Kier alpha value is -3.27. The number of methoxy groups -OCH3 is 1. The Labute approximate surface area is 179 Å². The average Bonchev–Trinajstić information content (AvgIpc) is 3.16. The average molecular weight is 430 g/mol. The third-order valence-corrected chi connectivity index (χ3v) is 4.60. The van der Waals surface area contributed by atoms with E-state index in [1.54, 1.807) is 28.9 Å². The van der Waals surface area contributed by atoms with Crippen LogP contribution in [0.4, 0.5) is 10.2 Å². The van der Waals surface area contributed by atoms with Crippen molar-refractivity contribution in [2.75, 3.05) is 19.0 Å². The molecule has 3 aromatic rings. The first-order valence-electron chi connectivity index (χ1n) is 9.90. The molecule has 0 aliphatic rings. The zero-order valence-corrected chi connectivity index (χ0v) is 18.2. The van der Waals surface area contributed by atoms with Crippen LogP contribution in [0.5, 0.6) is 5.88 Å². The second-order valence-electron chi connectivity index (χ2n) is 8.04. The summed E-state index contributed by atoms with van der Waals surface area (Å²) in [7, 11) is 1.53. The van der Waals surface area contributed by atoms with Gasteiger partial charge in [0.1, 0.15) is 17.6 Å². The summed E-state index contributed by atoms with van der Waals surface area (Å²) in [5, 5.41) is 20.1. The van der Waals surface area contributed by atoms with Gasteiger partial charge in [-0.3, -0.25) is 4.79 Å². The molecule has 10 heteroatoms. The van der Waals surface area contributed by atoms with Gasteiger partial charge in [0.05, 0.1) is 24.9 Å². The summed E-state index contributed by atoms with van der Waals surface area (Å²) < 4.78 is 20.8. The van der Waals surface area contributed by atoms with Crippen molar-refractivity contribution in [2.45, 2.75) is 45.5 Å². The molecule has 31 heavy (non-hydrogen) atoms. The number of nitrogens with zero attached hydrogens (tertiary/aromatic N) is 4. The fourth-order valence-electron chi connectivity index (χ4n) is 2.86. The van der Waals surface area contributed by atoms with E-state index < -0.39 is 17.7 Å². The van der Waals surface area contributed by atoms with Crippen molar-refractivity contribution in [2.24, 2.45) is 0 Å². The van der Waals surface area contributed by atoms with E-state index in [1.807, 2.05) is 13.8 Å². The van der Waals surface area contributed by atoms with Crippen LogP contribution in [0.25, 0.3) is 16.9 Å². The summed E-state index contributed by atoms with van der Waals surface area (Å²) in [5.41, 5.74) is 0.598. The highest BCUT2D eigenvalue weighted by molar-refractivity contribution is 5.99. The number of aromatic nitrogens is 4. The number of nitrogens with one attached hydrogen (secondary N) is 2. The lowest BCUT2D eigenvalue weighted by Crippen LogP contribution is -2.42. The maximum atomic E-state index is 14.1. The van der Waals surface area contributed by atoms with Gasteiger partial charge in [-0.15, -0.1) is 0 Å². The highest BCUT2D eigenvalue weighted by Gasteiger charge is 2.27. The number of carbonyl (C=O) groups excluding carboxylic acids is 1. The number of carbonyl (C=O) groups is 1. The van der Waals surface area contributed by atoms with Gasteiger partial charge in [-0.2, -0.15) is 9.61 Å². The molecule has 0 fully saturated rings. The second kappa shape index (κ2) is 8.84. The third kappa shape index (κ3) is 5.08. The van der Waals surface area contributed by atoms with Gasteiger partial charge in [0, 0.05) is 36.1 Å². The summed E-state index contributed by atoms with van der Waals surface area (Å²) in [6, 6.07) is 5.33. The van der Waals surface area contributed by atoms with Crippen molar-refractivity contribution in [3.63, 3.8) is 0 Å². The fraction of sp³-hybridized carbons (Fsp3) is 0.429. The molecule has 3 heterocycles. The number of amides is 1. The second-order valence-corrected chi connectivity index (χ2v) is 8.04. The Bertz CT molecular complexity index is 1080. The standard InChI is InChI=1S/C21H27FN6O3/c1-12(2)26-19-14(20(29)25-11-16(22)21(3,4)30)10-24-17-9-15(27-28(17)19)13-6-7-23-18(8-13)31-5/h6-10,12,16,26,30H,11H2,1-5H3,(H,25,29). The first-order chi connectivity index (χ1) is 14.6. The first-order valence-corrected chi connectivity index (χ1v) is 9.90. The number of rotatable bonds is 8. The molecule has 1 unspecified atom stereocenters. The molecule has 0 saturated heterocycles. The number of aliphatic hydroxyl groups is 1. The van der Waals surface area contributed by atoms with Crippen molar-refractivity contribution in [3.8, 4) is 17.1 Å². The lowest BCUT2D eigenvalue weighted by molar-refractivity contribution is -0.00177. The van der Waals surface area contributed by atoms with Crippen molar-refractivity contribution >= 4 is 17.4 Å². The quantitative estimate of drug-likeness (QED) is 0.503. The summed E-state index contributed by atoms with van der Waals surface area (Å²) >= 11 is 0. The Balaban J connectivity index is 1.99. The van der Waals surface area contributed by atoms with Gasteiger partial charge in [-0.25, -0.2) is 14.4 Å². The van der Waals surface area contributed by atoms with Crippen LogP contribution in [0, 0.1) is 0 Å². The predicted octanol–water partition coefficient (Wildman–Crippen LogP) is 2.46. The smallest absolute Gasteiger partial charge is 0.256 e. The van der Waals surface area contributed by atoms with Gasteiger partial charge in [-0.05, 0) is 33.8 Å². The first kappa shape index (κ1) is 22.4. The fourth-order valence-corrected chi connectivity index (χ4v) is 2.86. The minimum absolute atomic E-state index is 0.00359. The van der Waals surface area contributed by atoms with Crippen molar-refractivity contribution in [1.29, 1.82) is 0 Å². The van der Waals surface area contributed by atoms with Gasteiger partial charge >= 0.3 is 0 Å². The van der Waals surface area contributed by atoms with Crippen LogP contribution in [0.1, 0.15) is 38.1 Å². The molecule has 0 radical (unpaired) electrons. The van der Waals surface area contributed by atoms with Gasteiger partial charge in [0.25, 0.3) is 5.91 Å². The van der Waals surface area contributed by atoms with Gasteiger partial charge in [0.15, 0.2) is 5.65 Å². The van der Waals surface area contributed by atoms with Crippen LogP contribution in [0.15, 0.2) is 30.6 Å². The largest absolute Gasteiger partial charge is 0.481 e. The molecule has 3 N–H and O–H groups in total. The normalized spacial score (nSPS) is 12.8. The maximum absolute atomic E-state index is 14.1. The molecule has 3 rings (SSSR count). The molecule has 0 spiro atoms. The number of halogens is 1. The van der Waals surface area contributed by atoms with Crippen molar-refractivity contribution < 1.29 is 19.0 Å². The number of alkyl halides is 1. The van der Waals surface area contributed by atoms with Crippen LogP contribution >= 0.6 is 0 Å². The summed E-state index contributed by atoms with van der Waals surface area (Å²) in [5.74, 6) is 0.367. The molecular formula is C21H27FN6O3. The molecule has 0 aromatic carbocycles. The molecular weight excluding hydrogens is 403 g/mol. The summed E-state index contributed by atoms with van der Waals surface area (Å²) in [6.45, 7) is 6.23. The summed E-state index contributed by atoms with van der Waals surface area (Å²) in [6.07, 6.45) is 1.42. The Morgan fingerprint density at radius 3 is 2.71 bits per heavy atom. The topological polar surface area (TPSA) is 114 Å². The number of hydrogen-bond acceptors (Lipinski definition) is 7. The van der Waals surface area contributed by atoms with E-state index in [-0.39, 0.29) is 18.2 Å². The Kier molecular flexibility index (Phi) is 6.40. The molecule has 0 aliphatic carbocycles. The number of fused-ring (bicyclic) bond motifs is 1. The van der Waals surface area contributed by atoms with Crippen LogP contribution in [0.3, 0.4) is 0 Å². The van der Waals surface area contributed by atoms with Crippen LogP contribution in [-0.4, -0.2) is 62.1 Å². The van der Waals surface area contributed by atoms with Crippen LogP contribution in [0.2, 0.25) is 0 Å². The van der Waals surface area contributed by atoms with E-state index in [0.29, 0.717) is 23.0 Å². The zero-order valence-electron chi connectivity index (χ0n) is 18.2. The number of anilines is 1. The Morgan fingerprint density at radius 1 is 1.32 bits per heavy atom. The molecule has 9 nitrogen and oxygen atoms in total. The molecule has 0 saturated carbocycles. The van der Waals surface area contributed by atoms with Crippen LogP contribution < -0.4 is 15.4 Å². The van der Waals surface area contributed by atoms with E-state index in [9.17, 15) is 14.3 Å². The van der Waals surface area contributed by atoms with E-state index in [2.05, 4.69) is 25.7 Å². The highest BCUT2D eigenvalue weighted by atomic mass is 19.1. The Morgan fingerprint density at radius 2 is 2.06 bits per heavy atom. The predicted molar refractivity (Wildman–Crippen MR) is 115 cm³/mol. The van der Waals surface area contributed by atoms with Crippen LogP contribution in [-0.2, 0) is 0 Å². The van der Waals surface area contributed by atoms with Crippen molar-refractivity contribution in [3.05, 3.63) is 36.2 Å². The van der Waals surface area contributed by atoms with Gasteiger partial charge in [-0.1, -0.05) is 0 Å². The van der Waals surface area contributed by atoms with Gasteiger partial charge < -0.3 is 20.5 Å². The maximum Gasteiger partial charge on any atom is 0.256 e. The number of ether oxygens (including phenoxy) is 1. The molecule has 0 aliphatic heterocycles. The highest BCUT2D eigenvalue weighted by Crippen LogP contribution is 2.25. The van der Waals surface area contributed by atoms with Gasteiger partial charge in [0.2, 0.25) is 5.88 Å². The lowest BCUT2D eigenvalue weighted by atomic mass is 10.0. The minimum atomic E-state index is -1.62. The SMILES string of the molecule is COc1cc(-c2cc3ncc(C(=O)NCC(F)C(C)(C)O)c(NC(C)C)n3n2)ccn1. The molecule has 0 bridgehead atoms. The molecule has 3 aromatic heterocycles. The van der Waals surface area contributed by atoms with E-state index in [4.69, 9.17) is 4.74 Å². The third-order valence-electron chi connectivity index (χ3n) is 4.60. The van der Waals surface area contributed by atoms with E-state index >= 15 is 0 Å². The number of hydrogen-bond donors (Lipinski definition) is 3. The summed E-state index contributed by atoms with van der Waals surface area (Å²) in [4.78, 5) is 21.2. The zero-order chi connectivity index (χ0) is 22.8. The number of pyridine rings is 1. The molecule has 1 atom stereocenters. The minimum Gasteiger partial charge on any atom is -0.481 e. The van der Waals surface area contributed by atoms with E-state index in [0.717, 1.165) is 5.56 Å². The monoisotopic (exact) mass is 430 g/mol. The van der Waals surface area contributed by atoms with Crippen molar-refractivity contribution in [1.82, 2.24) is 24.9 Å². The molecule has 1 amide bonds. The lowest BCUT2D eigenvalue weighted by Gasteiger charge is -2.22.